The normalized spacial score (nSPS) is 11.7. The number of carbonyl (C=O) groups excluding carboxylic acids is 2. The summed E-state index contributed by atoms with van der Waals surface area (Å²) in [7, 11) is 0. The highest BCUT2D eigenvalue weighted by molar-refractivity contribution is 7.12. The third-order valence-corrected chi connectivity index (χ3v) is 3.26. The van der Waals surface area contributed by atoms with Crippen molar-refractivity contribution in [2.45, 2.75) is 18.9 Å². The van der Waals surface area contributed by atoms with Crippen LogP contribution in [-0.4, -0.2) is 47.2 Å². The lowest BCUT2D eigenvalue weighted by molar-refractivity contribution is -0.146. The Labute approximate surface area is 119 Å². The van der Waals surface area contributed by atoms with Crippen LogP contribution in [0.1, 0.15) is 22.5 Å². The lowest BCUT2D eigenvalue weighted by Gasteiger charge is -2.08. The number of nitrogens with one attached hydrogen (secondary N) is 2. The lowest BCUT2D eigenvalue weighted by atomic mass is 10.2. The Hall–Kier alpha value is -1.93. The van der Waals surface area contributed by atoms with Crippen molar-refractivity contribution in [1.29, 1.82) is 0 Å². The van der Waals surface area contributed by atoms with E-state index in [1.165, 1.54) is 11.3 Å². The number of hydrogen-bond donors (Lipinski definition) is 4. The predicted molar refractivity (Wildman–Crippen MR) is 72.5 cm³/mol. The molecule has 0 spiro atoms. The van der Waals surface area contributed by atoms with Crippen molar-refractivity contribution < 1.29 is 24.6 Å². The average molecular weight is 300 g/mol. The van der Waals surface area contributed by atoms with Crippen LogP contribution in [0.5, 0.6) is 0 Å². The fourth-order valence-electron chi connectivity index (χ4n) is 1.33. The zero-order valence-corrected chi connectivity index (χ0v) is 11.5. The van der Waals surface area contributed by atoms with Crippen molar-refractivity contribution in [3.8, 4) is 0 Å². The Bertz CT molecular complexity index is 460. The molecule has 1 aromatic heterocycles. The van der Waals surface area contributed by atoms with Crippen molar-refractivity contribution in [3.63, 3.8) is 0 Å². The Kier molecular flexibility index (Phi) is 6.68. The van der Waals surface area contributed by atoms with E-state index in [4.69, 9.17) is 10.2 Å². The van der Waals surface area contributed by atoms with Gasteiger partial charge in [-0.3, -0.25) is 9.59 Å². The highest BCUT2D eigenvalue weighted by atomic mass is 32.1. The molecule has 0 unspecified atom stereocenters. The van der Waals surface area contributed by atoms with E-state index in [0.717, 1.165) is 0 Å². The van der Waals surface area contributed by atoms with Crippen molar-refractivity contribution in [2.75, 3.05) is 13.1 Å². The summed E-state index contributed by atoms with van der Waals surface area (Å²) in [5.41, 5.74) is 0. The van der Waals surface area contributed by atoms with Crippen LogP contribution >= 0.6 is 11.3 Å². The molecule has 0 bridgehead atoms. The van der Waals surface area contributed by atoms with Gasteiger partial charge in [-0.1, -0.05) is 6.07 Å². The molecule has 8 heteroatoms. The molecule has 0 saturated carbocycles. The molecule has 110 valence electrons. The molecule has 2 amide bonds. The highest BCUT2D eigenvalue weighted by Gasteiger charge is 2.13. The van der Waals surface area contributed by atoms with Gasteiger partial charge in [0.1, 0.15) is 0 Å². The number of aliphatic hydroxyl groups excluding tert-OH is 1. The van der Waals surface area contributed by atoms with Gasteiger partial charge in [-0.2, -0.15) is 0 Å². The minimum atomic E-state index is -1.60. The number of hydrogen-bond acceptors (Lipinski definition) is 5. The average Bonchev–Trinajstić information content (AvgIpc) is 2.94. The molecule has 20 heavy (non-hydrogen) atoms. The van der Waals surface area contributed by atoms with Crippen LogP contribution in [0, 0.1) is 0 Å². The number of rotatable bonds is 8. The SMILES string of the molecule is O=C(CCCNC(=O)c1cccs1)NC[C@H](O)C(=O)O. The monoisotopic (exact) mass is 300 g/mol. The Morgan fingerprint density at radius 2 is 2.05 bits per heavy atom. The van der Waals surface area contributed by atoms with Gasteiger partial charge in [0.05, 0.1) is 11.4 Å². The van der Waals surface area contributed by atoms with Gasteiger partial charge in [0.25, 0.3) is 5.91 Å². The molecule has 0 aliphatic heterocycles. The summed E-state index contributed by atoms with van der Waals surface area (Å²) in [5.74, 6) is -1.93. The molecule has 0 fully saturated rings. The van der Waals surface area contributed by atoms with Crippen LogP contribution in [0.15, 0.2) is 17.5 Å². The second kappa shape index (κ2) is 8.28. The van der Waals surface area contributed by atoms with E-state index in [9.17, 15) is 14.4 Å². The van der Waals surface area contributed by atoms with Gasteiger partial charge in [-0.25, -0.2) is 4.79 Å². The van der Waals surface area contributed by atoms with E-state index in [0.29, 0.717) is 17.8 Å². The van der Waals surface area contributed by atoms with Gasteiger partial charge < -0.3 is 20.8 Å². The van der Waals surface area contributed by atoms with Gasteiger partial charge in [0.15, 0.2) is 6.10 Å². The second-order valence-corrected chi connectivity index (χ2v) is 4.94. The smallest absolute Gasteiger partial charge is 0.334 e. The summed E-state index contributed by atoms with van der Waals surface area (Å²) in [6.45, 7) is 0.0291. The van der Waals surface area contributed by atoms with Gasteiger partial charge in [-0.15, -0.1) is 11.3 Å². The molecule has 0 aliphatic carbocycles. The molecule has 0 saturated heterocycles. The molecule has 1 atom stereocenters. The van der Waals surface area contributed by atoms with Crippen LogP contribution in [-0.2, 0) is 9.59 Å². The first kappa shape index (κ1) is 16.1. The van der Waals surface area contributed by atoms with Gasteiger partial charge in [0.2, 0.25) is 5.91 Å². The van der Waals surface area contributed by atoms with E-state index in [1.807, 2.05) is 0 Å². The minimum Gasteiger partial charge on any atom is -0.479 e. The fourth-order valence-corrected chi connectivity index (χ4v) is 1.97. The van der Waals surface area contributed by atoms with E-state index in [2.05, 4.69) is 10.6 Å². The third-order valence-electron chi connectivity index (χ3n) is 2.39. The summed E-state index contributed by atoms with van der Waals surface area (Å²) in [5, 5.41) is 24.1. The summed E-state index contributed by atoms with van der Waals surface area (Å²) in [6.07, 6.45) is -1.01. The maximum Gasteiger partial charge on any atom is 0.334 e. The van der Waals surface area contributed by atoms with Crippen molar-refractivity contribution >= 4 is 29.1 Å². The number of carbonyl (C=O) groups is 3. The minimum absolute atomic E-state index is 0.150. The van der Waals surface area contributed by atoms with Crippen LogP contribution in [0.2, 0.25) is 0 Å². The molecule has 1 heterocycles. The van der Waals surface area contributed by atoms with Gasteiger partial charge >= 0.3 is 5.97 Å². The maximum absolute atomic E-state index is 11.5. The number of thiophene rings is 1. The summed E-state index contributed by atoms with van der Waals surface area (Å²) < 4.78 is 0. The van der Waals surface area contributed by atoms with Crippen molar-refractivity contribution in [2.24, 2.45) is 0 Å². The van der Waals surface area contributed by atoms with E-state index in [1.54, 1.807) is 17.5 Å². The molecule has 0 aliphatic rings. The largest absolute Gasteiger partial charge is 0.479 e. The third kappa shape index (κ3) is 5.81. The number of aliphatic carboxylic acids is 1. The van der Waals surface area contributed by atoms with Crippen LogP contribution < -0.4 is 10.6 Å². The second-order valence-electron chi connectivity index (χ2n) is 3.99. The number of carboxylic acid groups (broad SMARTS) is 1. The first-order chi connectivity index (χ1) is 9.50. The van der Waals surface area contributed by atoms with Crippen molar-refractivity contribution in [1.82, 2.24) is 10.6 Å². The van der Waals surface area contributed by atoms with Crippen LogP contribution in [0.4, 0.5) is 0 Å². The number of amides is 2. The summed E-state index contributed by atoms with van der Waals surface area (Å²) in [6, 6.07) is 3.49. The summed E-state index contributed by atoms with van der Waals surface area (Å²) >= 11 is 1.33. The highest BCUT2D eigenvalue weighted by Crippen LogP contribution is 2.07. The quantitative estimate of drug-likeness (QED) is 0.497. The van der Waals surface area contributed by atoms with Crippen LogP contribution in [0.25, 0.3) is 0 Å². The van der Waals surface area contributed by atoms with E-state index >= 15 is 0 Å². The van der Waals surface area contributed by atoms with E-state index < -0.39 is 12.1 Å². The molecule has 1 rings (SSSR count). The lowest BCUT2D eigenvalue weighted by Crippen LogP contribution is -2.36. The van der Waals surface area contributed by atoms with Crippen molar-refractivity contribution in [3.05, 3.63) is 22.4 Å². The molecule has 1 aromatic rings. The van der Waals surface area contributed by atoms with Gasteiger partial charge in [0, 0.05) is 13.0 Å². The Morgan fingerprint density at radius 3 is 2.65 bits per heavy atom. The molecule has 7 nitrogen and oxygen atoms in total. The zero-order chi connectivity index (χ0) is 15.0. The predicted octanol–water partition coefficient (Wildman–Crippen LogP) is -0.180. The summed E-state index contributed by atoms with van der Waals surface area (Å²) in [4.78, 5) is 33.8. The zero-order valence-electron chi connectivity index (χ0n) is 10.7. The molecule has 0 radical (unpaired) electrons. The van der Waals surface area contributed by atoms with Crippen LogP contribution in [0.3, 0.4) is 0 Å². The number of aliphatic hydroxyl groups is 1. The van der Waals surface area contributed by atoms with E-state index in [-0.39, 0.29) is 24.8 Å². The van der Waals surface area contributed by atoms with Gasteiger partial charge in [-0.05, 0) is 17.9 Å². The first-order valence-electron chi connectivity index (χ1n) is 6.00. The Morgan fingerprint density at radius 1 is 1.30 bits per heavy atom. The topological polar surface area (TPSA) is 116 Å². The molecule has 4 N–H and O–H groups in total. The standard InChI is InChI=1S/C12H16N2O5S/c15-8(12(18)19)7-14-10(16)4-1-5-13-11(17)9-3-2-6-20-9/h2-3,6,8,15H,1,4-5,7H2,(H,13,17)(H,14,16)(H,18,19)/t8-/m0/s1. The molecular formula is C12H16N2O5S. The number of carboxylic acids is 1. The fraction of sp³-hybridized carbons (Fsp3) is 0.417. The first-order valence-corrected chi connectivity index (χ1v) is 6.88. The Balaban J connectivity index is 2.10. The molecular weight excluding hydrogens is 284 g/mol. The molecule has 0 aromatic carbocycles. The maximum atomic E-state index is 11.5.